The quantitative estimate of drug-likeness (QED) is 0.155. The van der Waals surface area contributed by atoms with E-state index in [4.69, 9.17) is 54.1 Å². The van der Waals surface area contributed by atoms with Gasteiger partial charge in [0.2, 0.25) is 0 Å². The van der Waals surface area contributed by atoms with Crippen molar-refractivity contribution in [2.24, 2.45) is 23.7 Å². The molecule has 2 aromatic heterocycles. The van der Waals surface area contributed by atoms with E-state index < -0.39 is 560 Å². The van der Waals surface area contributed by atoms with Gasteiger partial charge in [0, 0.05) is 45.2 Å². The molecule has 4 atom stereocenters. The van der Waals surface area contributed by atoms with Crippen molar-refractivity contribution in [3.05, 3.63) is 373 Å². The Labute approximate surface area is 648 Å². The van der Waals surface area contributed by atoms with Crippen molar-refractivity contribution in [1.29, 1.82) is 0 Å². The van der Waals surface area contributed by atoms with Gasteiger partial charge in [0.1, 0.15) is 22.3 Å². The lowest BCUT2D eigenvalue weighted by atomic mass is 9.69. The minimum atomic E-state index is -2.10. The smallest absolute Gasteiger partial charge is 0.136 e. The topological polar surface area (TPSA) is 26.3 Å². The molecule has 458 valence electrons. The Kier molecular flexibility index (Phi) is 5.36. The summed E-state index contributed by atoms with van der Waals surface area (Å²) in [6, 6.07) is -53.0. The van der Waals surface area contributed by atoms with Gasteiger partial charge < -0.3 is 8.83 Å². The van der Waals surface area contributed by atoms with E-state index in [1.165, 1.54) is 0 Å². The molecule has 4 aliphatic rings. The van der Waals surface area contributed by atoms with Crippen LogP contribution in [0.1, 0.15) is 102 Å². The Bertz CT molecular complexity index is 9960. The van der Waals surface area contributed by atoms with Gasteiger partial charge in [-0.25, -0.2) is 0 Å². The molecule has 0 spiro atoms. The third-order valence-electron chi connectivity index (χ3n) is 17.0. The molecule has 17 aromatic rings. The zero-order chi connectivity index (χ0) is 115. The van der Waals surface area contributed by atoms with Crippen LogP contribution in [0.25, 0.3) is 164 Å². The van der Waals surface area contributed by atoms with Crippen molar-refractivity contribution < 1.29 is 88.3 Å². The van der Waals surface area contributed by atoms with E-state index in [1.807, 2.05) is 0 Å². The van der Waals surface area contributed by atoms with Gasteiger partial charge in [0.05, 0.1) is 79.5 Å². The molecule has 2 heteroatoms. The minimum Gasteiger partial charge on any atom is -0.456 e. The number of furan rings is 2. The third kappa shape index (κ3) is 8.95. The molecule has 0 amide bonds. The van der Waals surface area contributed by atoms with Crippen LogP contribution >= 0.6 is 0 Å². The van der Waals surface area contributed by atoms with Crippen LogP contribution in [0.5, 0.6) is 0 Å². The van der Waals surface area contributed by atoms with Gasteiger partial charge in [0.25, 0.3) is 0 Å². The van der Waals surface area contributed by atoms with E-state index in [9.17, 15) is 34.3 Å². The molecule has 0 saturated carbocycles. The van der Waals surface area contributed by atoms with Crippen LogP contribution in [0.2, 0.25) is 0 Å². The highest BCUT2D eigenvalue weighted by Gasteiger charge is 2.34. The summed E-state index contributed by atoms with van der Waals surface area (Å²) in [5.74, 6) is -8.12. The second-order valence-corrected chi connectivity index (χ2v) is 22.2. The van der Waals surface area contributed by atoms with Gasteiger partial charge in [-0.3, -0.25) is 0 Å². The highest BCUT2D eigenvalue weighted by Crippen LogP contribution is 2.53. The largest absolute Gasteiger partial charge is 0.456 e. The SMILES string of the molecule is [2H]C1=C([2H])C2C(c3c([2H])c([2H])c([2H])c([2H])c3[2H])=C([2H])C([2H])=C(c3c4c([2H])c([2H])c([2H])c([2H])c4c(-c4c([2H])c([2H])c5oc6c([2H])c7c([2H])c([2H])c([2H])c([2H])c7c([2H])c6c5c4[2H])c4c([2H])c([2H])c([2H])c([2H])c34)C2C([2H])=C1[2H].[2H]C1=C([2H])C2C(c3c([2H])c([2H])c([2H])c4c([2H])c([2H])c([2H])c([2H])c34)=C([2H])C([2H])=C(c3c4c([2H])c([2H])c([2H])c([2H])c4c(-c4c([2H])c([2H])c5oc6c([2H])c7c([2H])c([2H])c([2H])c([2H])c7c([2H])c6c5c4[2H])c4c([2H])c([2H])c([2H])c([2H])c34)C2C([2H])=C1[2H]. The summed E-state index contributed by atoms with van der Waals surface area (Å²) < 4.78 is 539. The summed E-state index contributed by atoms with van der Waals surface area (Å²) in [6.45, 7) is 0. The van der Waals surface area contributed by atoms with Gasteiger partial charge in [-0.15, -0.1) is 0 Å². The van der Waals surface area contributed by atoms with Crippen molar-refractivity contribution >= 4 is 142 Å². The van der Waals surface area contributed by atoms with Crippen LogP contribution in [0, 0.1) is 23.7 Å². The number of hydrogen-bond donors (Lipinski definition) is 0. The first-order valence-electron chi connectivity index (χ1n) is 58.5. The maximum absolute atomic E-state index is 9.98. The van der Waals surface area contributed by atoms with Crippen molar-refractivity contribution in [3.63, 3.8) is 0 Å². The molecule has 0 radical (unpaired) electrons. The molecule has 98 heavy (non-hydrogen) atoms. The monoisotopic (exact) mass is 1300 g/mol. The number of fused-ring (bicyclic) bond motifs is 15. The van der Waals surface area contributed by atoms with E-state index in [2.05, 4.69) is 0 Å². The molecule has 4 aliphatic carbocycles. The Balaban J connectivity index is 0.000000188. The first-order valence-corrected chi connectivity index (χ1v) is 29.5. The third-order valence-corrected chi connectivity index (χ3v) is 17.0. The average molecular weight is 1310 g/mol. The van der Waals surface area contributed by atoms with Crippen LogP contribution in [0.3, 0.4) is 0 Å². The highest BCUT2D eigenvalue weighted by atomic mass is 16.3. The highest BCUT2D eigenvalue weighted by molar-refractivity contribution is 6.23. The second kappa shape index (κ2) is 22.7. The lowest BCUT2D eigenvalue weighted by Gasteiger charge is -2.34. The first-order chi connectivity index (χ1) is 72.8. The summed E-state index contributed by atoms with van der Waals surface area (Å²) >= 11 is 0. The molecule has 0 aliphatic heterocycles. The van der Waals surface area contributed by atoms with E-state index in [1.54, 1.807) is 0 Å². The number of benzene rings is 15. The van der Waals surface area contributed by atoms with Gasteiger partial charge in [0.15, 0.2) is 0 Å². The van der Waals surface area contributed by atoms with E-state index >= 15 is 0 Å². The van der Waals surface area contributed by atoms with Crippen molar-refractivity contribution in [2.45, 2.75) is 0 Å². The molecule has 2 heterocycles. The molecule has 0 fully saturated rings. The maximum atomic E-state index is 9.98. The summed E-state index contributed by atoms with van der Waals surface area (Å²) in [6.07, 6.45) is 0. The fourth-order valence-corrected chi connectivity index (χ4v) is 12.9. The Hall–Kier alpha value is -12.4. The fourth-order valence-electron chi connectivity index (χ4n) is 12.9. The molecular formula is C96H62O2. The Morgan fingerprint density at radius 1 is 0.214 bits per heavy atom. The predicted octanol–water partition coefficient (Wildman–Crippen LogP) is 26.3. The standard InChI is InChI=1S/C50H32O.C46H30O/c1-2-14-33-30-48-46(28-32(33)13-1)45-29-34(24-27-47(45)51-48)49-40-19-7-9-21-42(40)50(43-22-10-8-20-41(43)49)44-26-25-39(37-17-5-6-18-38(37)44)36-23-11-15-31-12-3-4-16-35(31)36;1-2-12-29(13-3-1)33-23-24-40(35-17-7-6-16-34(33)35)46-38-20-10-8-18-36(38)45(37-19-9-11-21-39(37)46)32-22-25-43-41(27-32)42-26-30-14-4-5-15-31(30)28-44(42)47-43/h1-30,37-38H;1-28,34-35H/i1D,2D,3D,4D,5D,6D,7D,8D,9D,10D,11D,12D,13D,14D,15D,16D,17D,18D,19D,20D,21D,22D,23D,24D,25D,26D,27D,28D,29D,30D;1D,2D,3D,4D,5D,6D,7D,8D,9D,10D,11D,12D,13D,14D,15D,16D,17D,18D,19D,20D,21D,22D,23D,24D,25D,26D,27D,28D. The molecule has 0 bridgehead atoms. The second-order valence-electron chi connectivity index (χ2n) is 22.2. The predicted molar refractivity (Wildman–Crippen MR) is 416 cm³/mol. The van der Waals surface area contributed by atoms with E-state index in [0.717, 1.165) is 0 Å². The van der Waals surface area contributed by atoms with E-state index in [-0.39, 0.29) is 0 Å². The first kappa shape index (κ1) is 23.2. The van der Waals surface area contributed by atoms with Gasteiger partial charge in [-0.05, 0) is 191 Å². The van der Waals surface area contributed by atoms with Crippen LogP contribution in [0.15, 0.2) is 359 Å². The number of rotatable bonds is 6. The normalized spacial score (nSPS) is 26.8. The van der Waals surface area contributed by atoms with Crippen LogP contribution in [-0.2, 0) is 0 Å². The van der Waals surface area contributed by atoms with Gasteiger partial charge >= 0.3 is 0 Å². The van der Waals surface area contributed by atoms with Crippen LogP contribution < -0.4 is 0 Å². The average Bonchev–Trinajstić information content (AvgIpc) is 0.944. The molecular weight excluding hydrogens is 1190 g/mol. The van der Waals surface area contributed by atoms with E-state index in [0.29, 0.717) is 0 Å². The molecule has 21 rings (SSSR count). The summed E-state index contributed by atoms with van der Waals surface area (Å²) in [4.78, 5) is 0. The summed E-state index contributed by atoms with van der Waals surface area (Å²) in [5.41, 5.74) is -11.0. The zero-order valence-corrected chi connectivity index (χ0v) is 49.1. The molecule has 15 aromatic carbocycles. The van der Waals surface area contributed by atoms with Gasteiger partial charge in [-0.1, -0.05) is 302 Å². The summed E-state index contributed by atoms with van der Waals surface area (Å²) in [5, 5.41) is -11.2. The van der Waals surface area contributed by atoms with Gasteiger partial charge in [-0.2, -0.15) is 0 Å². The lowest BCUT2D eigenvalue weighted by Crippen LogP contribution is -2.19. The Morgan fingerprint density at radius 2 is 0.541 bits per heavy atom. The number of allylic oxidation sites excluding steroid dienone is 16. The van der Waals surface area contributed by atoms with Crippen LogP contribution in [-0.4, -0.2) is 0 Å². The minimum absolute atomic E-state index is 0.450. The Morgan fingerprint density at radius 3 is 0.990 bits per heavy atom. The maximum Gasteiger partial charge on any atom is 0.136 e. The molecule has 0 N–H and O–H groups in total. The zero-order valence-electron chi connectivity index (χ0n) is 107. The van der Waals surface area contributed by atoms with Crippen LogP contribution in [0.4, 0.5) is 0 Å². The molecule has 4 unspecified atom stereocenters. The van der Waals surface area contributed by atoms with Crippen molar-refractivity contribution in [1.82, 2.24) is 0 Å². The summed E-state index contributed by atoms with van der Waals surface area (Å²) in [7, 11) is 0. The fraction of sp³-hybridized carbons (Fsp3) is 0.0417. The lowest BCUT2D eigenvalue weighted by molar-refractivity contribution is 0.669. The molecule has 0 saturated heterocycles. The van der Waals surface area contributed by atoms with Crippen molar-refractivity contribution in [3.8, 4) is 22.3 Å². The molecule has 2 nitrogen and oxygen atoms in total. The number of hydrogen-bond acceptors (Lipinski definition) is 2. The van der Waals surface area contributed by atoms with Crippen molar-refractivity contribution in [2.75, 3.05) is 0 Å².